The van der Waals surface area contributed by atoms with Crippen LogP contribution in [0.5, 0.6) is 11.5 Å². The number of halogens is 3. The molecule has 0 unspecified atom stereocenters. The SMILES string of the molecule is CCOC(=O)/C(C#N)=C/c1cc(Cl)c(OC(F)F)c(OC)c1. The number of hydrogen-bond acceptors (Lipinski definition) is 5. The third-order valence-corrected chi connectivity index (χ3v) is 2.67. The molecule has 0 aliphatic heterocycles. The van der Waals surface area contributed by atoms with Crippen molar-refractivity contribution in [1.29, 1.82) is 5.26 Å². The first-order valence-corrected chi connectivity index (χ1v) is 6.42. The van der Waals surface area contributed by atoms with Gasteiger partial charge in [0.1, 0.15) is 11.6 Å². The number of nitrogens with zero attached hydrogens (tertiary/aromatic N) is 1. The minimum absolute atomic E-state index is 0.0554. The van der Waals surface area contributed by atoms with Crippen LogP contribution in [0.2, 0.25) is 5.02 Å². The van der Waals surface area contributed by atoms with Gasteiger partial charge in [-0.2, -0.15) is 14.0 Å². The number of hydrogen-bond donors (Lipinski definition) is 0. The van der Waals surface area contributed by atoms with E-state index >= 15 is 0 Å². The summed E-state index contributed by atoms with van der Waals surface area (Å²) in [6.07, 6.45) is 1.21. The van der Waals surface area contributed by atoms with Crippen molar-refractivity contribution in [3.63, 3.8) is 0 Å². The summed E-state index contributed by atoms with van der Waals surface area (Å²) in [6, 6.07) is 4.26. The van der Waals surface area contributed by atoms with Gasteiger partial charge >= 0.3 is 12.6 Å². The lowest BCUT2D eigenvalue weighted by Crippen LogP contribution is -2.06. The van der Waals surface area contributed by atoms with E-state index in [2.05, 4.69) is 4.74 Å². The molecule has 1 rings (SSSR count). The number of esters is 1. The number of ether oxygens (including phenoxy) is 3. The van der Waals surface area contributed by atoms with E-state index in [-0.39, 0.29) is 28.7 Å². The largest absolute Gasteiger partial charge is 0.493 e. The van der Waals surface area contributed by atoms with Crippen LogP contribution >= 0.6 is 11.6 Å². The Bertz CT molecular complexity index is 626. The maximum Gasteiger partial charge on any atom is 0.387 e. The summed E-state index contributed by atoms with van der Waals surface area (Å²) in [5.74, 6) is -1.18. The average Bonchev–Trinajstić information content (AvgIpc) is 2.46. The van der Waals surface area contributed by atoms with Gasteiger partial charge in [-0.25, -0.2) is 4.79 Å². The quantitative estimate of drug-likeness (QED) is 0.454. The molecule has 8 heteroatoms. The first-order valence-electron chi connectivity index (χ1n) is 6.04. The second-order valence-corrected chi connectivity index (χ2v) is 4.21. The van der Waals surface area contributed by atoms with Crippen LogP contribution in [0.15, 0.2) is 17.7 Å². The van der Waals surface area contributed by atoms with Crippen molar-refractivity contribution in [2.45, 2.75) is 13.5 Å². The molecular formula is C14H12ClF2NO4. The van der Waals surface area contributed by atoms with Crippen molar-refractivity contribution in [1.82, 2.24) is 0 Å². The smallest absolute Gasteiger partial charge is 0.387 e. The number of nitriles is 1. The molecule has 0 heterocycles. The molecule has 0 radical (unpaired) electrons. The predicted octanol–water partition coefficient (Wildman–Crippen LogP) is 3.42. The van der Waals surface area contributed by atoms with Crippen molar-refractivity contribution in [3.05, 3.63) is 28.3 Å². The number of carbonyl (C=O) groups excluding carboxylic acids is 1. The van der Waals surface area contributed by atoms with Crippen molar-refractivity contribution in [3.8, 4) is 17.6 Å². The second-order valence-electron chi connectivity index (χ2n) is 3.80. The van der Waals surface area contributed by atoms with Gasteiger partial charge in [0.2, 0.25) is 0 Å². The van der Waals surface area contributed by atoms with E-state index in [1.807, 2.05) is 0 Å². The molecule has 22 heavy (non-hydrogen) atoms. The summed E-state index contributed by atoms with van der Waals surface area (Å²) in [5.41, 5.74) is 0.0376. The molecule has 0 spiro atoms. The molecule has 0 saturated carbocycles. The van der Waals surface area contributed by atoms with Gasteiger partial charge in [-0.3, -0.25) is 0 Å². The minimum Gasteiger partial charge on any atom is -0.493 e. The molecule has 118 valence electrons. The molecule has 0 N–H and O–H groups in total. The zero-order chi connectivity index (χ0) is 16.7. The first kappa shape index (κ1) is 17.7. The summed E-state index contributed by atoms with van der Waals surface area (Å²) in [7, 11) is 1.24. The van der Waals surface area contributed by atoms with Gasteiger partial charge in [0.25, 0.3) is 0 Å². The Hall–Kier alpha value is -2.33. The minimum atomic E-state index is -3.07. The van der Waals surface area contributed by atoms with Gasteiger partial charge < -0.3 is 14.2 Å². The monoisotopic (exact) mass is 331 g/mol. The molecule has 0 fully saturated rings. The van der Waals surface area contributed by atoms with Gasteiger partial charge in [-0.05, 0) is 30.7 Å². The van der Waals surface area contributed by atoms with Gasteiger partial charge in [0.15, 0.2) is 11.5 Å². The van der Waals surface area contributed by atoms with Crippen LogP contribution in [0.1, 0.15) is 12.5 Å². The van der Waals surface area contributed by atoms with Crippen LogP contribution in [0, 0.1) is 11.3 Å². The van der Waals surface area contributed by atoms with E-state index in [9.17, 15) is 13.6 Å². The van der Waals surface area contributed by atoms with E-state index in [0.29, 0.717) is 5.56 Å². The third kappa shape index (κ3) is 4.60. The van der Waals surface area contributed by atoms with Crippen molar-refractivity contribution >= 4 is 23.6 Å². The standard InChI is InChI=1S/C14H12ClF2NO4/c1-3-21-13(19)9(7-18)4-8-5-10(15)12(22-14(16)17)11(6-8)20-2/h4-6,14H,3H2,1-2H3/b9-4+. The Morgan fingerprint density at radius 2 is 2.18 bits per heavy atom. The molecule has 0 aliphatic carbocycles. The van der Waals surface area contributed by atoms with Gasteiger partial charge in [-0.15, -0.1) is 0 Å². The lowest BCUT2D eigenvalue weighted by Gasteiger charge is -2.12. The zero-order valence-electron chi connectivity index (χ0n) is 11.7. The maximum atomic E-state index is 12.3. The molecule has 0 aliphatic rings. The number of alkyl halides is 2. The predicted molar refractivity (Wildman–Crippen MR) is 74.9 cm³/mol. The van der Waals surface area contributed by atoms with Crippen LogP contribution in [-0.2, 0) is 9.53 Å². The molecule has 0 bridgehead atoms. The van der Waals surface area contributed by atoms with Crippen molar-refractivity contribution in [2.75, 3.05) is 13.7 Å². The number of carbonyl (C=O) groups is 1. The van der Waals surface area contributed by atoms with Crippen LogP contribution in [0.25, 0.3) is 6.08 Å². The van der Waals surface area contributed by atoms with Crippen molar-refractivity contribution < 1.29 is 27.8 Å². The Morgan fingerprint density at radius 1 is 1.50 bits per heavy atom. The van der Waals surface area contributed by atoms with E-state index in [4.69, 9.17) is 26.3 Å². The summed E-state index contributed by atoms with van der Waals surface area (Å²) < 4.78 is 38.5. The van der Waals surface area contributed by atoms with Gasteiger partial charge in [0.05, 0.1) is 18.7 Å². The van der Waals surface area contributed by atoms with Crippen LogP contribution in [-0.4, -0.2) is 26.3 Å². The summed E-state index contributed by atoms with van der Waals surface area (Å²) in [6.45, 7) is -1.35. The fraction of sp³-hybridized carbons (Fsp3) is 0.286. The summed E-state index contributed by atoms with van der Waals surface area (Å²) in [4.78, 5) is 11.5. The lowest BCUT2D eigenvalue weighted by atomic mass is 10.1. The first-order chi connectivity index (χ1) is 10.4. The van der Waals surface area contributed by atoms with E-state index < -0.39 is 12.6 Å². The summed E-state index contributed by atoms with van der Waals surface area (Å²) in [5, 5.41) is 8.80. The second kappa shape index (κ2) is 8.20. The Morgan fingerprint density at radius 3 is 2.68 bits per heavy atom. The molecule has 5 nitrogen and oxygen atoms in total. The highest BCUT2D eigenvalue weighted by molar-refractivity contribution is 6.32. The lowest BCUT2D eigenvalue weighted by molar-refractivity contribution is -0.137. The highest BCUT2D eigenvalue weighted by Gasteiger charge is 2.17. The molecular weight excluding hydrogens is 320 g/mol. The van der Waals surface area contributed by atoms with E-state index in [0.717, 1.165) is 0 Å². The Kier molecular flexibility index (Phi) is 6.60. The fourth-order valence-corrected chi connectivity index (χ4v) is 1.80. The van der Waals surface area contributed by atoms with Crippen LogP contribution < -0.4 is 9.47 Å². The molecule has 0 atom stereocenters. The maximum absolute atomic E-state index is 12.3. The molecule has 0 aromatic heterocycles. The Balaban J connectivity index is 3.24. The highest BCUT2D eigenvalue weighted by atomic mass is 35.5. The van der Waals surface area contributed by atoms with Gasteiger partial charge in [-0.1, -0.05) is 11.6 Å². The Labute approximate surface area is 130 Å². The molecule has 0 amide bonds. The van der Waals surface area contributed by atoms with Crippen molar-refractivity contribution in [2.24, 2.45) is 0 Å². The summed E-state index contributed by atoms with van der Waals surface area (Å²) >= 11 is 5.86. The topological polar surface area (TPSA) is 68.6 Å². The average molecular weight is 332 g/mol. The molecule has 1 aromatic rings. The number of benzene rings is 1. The number of rotatable bonds is 6. The van der Waals surface area contributed by atoms with Gasteiger partial charge in [0, 0.05) is 0 Å². The molecule has 0 saturated heterocycles. The van der Waals surface area contributed by atoms with E-state index in [1.165, 1.54) is 25.3 Å². The number of methoxy groups -OCH3 is 1. The normalized spacial score (nSPS) is 11.0. The fourth-order valence-electron chi connectivity index (χ4n) is 1.54. The van der Waals surface area contributed by atoms with Crippen LogP contribution in [0.4, 0.5) is 8.78 Å². The zero-order valence-corrected chi connectivity index (χ0v) is 12.5. The van der Waals surface area contributed by atoms with Crippen LogP contribution in [0.3, 0.4) is 0 Å². The van der Waals surface area contributed by atoms with E-state index in [1.54, 1.807) is 13.0 Å². The third-order valence-electron chi connectivity index (χ3n) is 2.39. The molecule has 1 aromatic carbocycles. The highest BCUT2D eigenvalue weighted by Crippen LogP contribution is 2.37.